The van der Waals surface area contributed by atoms with Crippen LogP contribution in [0.4, 0.5) is 0 Å². The van der Waals surface area contributed by atoms with E-state index < -0.39 is 0 Å². The van der Waals surface area contributed by atoms with Gasteiger partial charge in [-0.05, 0) is 5.56 Å². The first-order chi connectivity index (χ1) is 7.72. The summed E-state index contributed by atoms with van der Waals surface area (Å²) in [5.74, 6) is 0. The highest BCUT2D eigenvalue weighted by molar-refractivity contribution is 6.42. The number of rotatable bonds is 2. The summed E-state index contributed by atoms with van der Waals surface area (Å²) >= 11 is 11.8. The Kier molecular flexibility index (Phi) is 3.39. The number of nitrogens with zero attached hydrogens (tertiary/aromatic N) is 2. The predicted molar refractivity (Wildman–Crippen MR) is 63.4 cm³/mol. The van der Waals surface area contributed by atoms with Crippen LogP contribution in [0.25, 0.3) is 11.3 Å². The van der Waals surface area contributed by atoms with Crippen LogP contribution in [0.3, 0.4) is 0 Å². The van der Waals surface area contributed by atoms with Gasteiger partial charge in [0, 0.05) is 5.56 Å². The number of hydrogen-bond acceptors (Lipinski definition) is 3. The van der Waals surface area contributed by atoms with Crippen molar-refractivity contribution in [2.75, 3.05) is 0 Å². The molecule has 0 atom stereocenters. The van der Waals surface area contributed by atoms with Crippen LogP contribution in [0.15, 0.2) is 30.6 Å². The van der Waals surface area contributed by atoms with Crippen molar-refractivity contribution < 1.29 is 5.11 Å². The lowest BCUT2D eigenvalue weighted by Gasteiger charge is -2.04. The second-order valence-corrected chi connectivity index (χ2v) is 3.92. The molecule has 2 aromatic rings. The third-order valence-electron chi connectivity index (χ3n) is 2.16. The molecule has 0 radical (unpaired) electrons. The molecule has 82 valence electrons. The van der Waals surface area contributed by atoms with E-state index in [-0.39, 0.29) is 11.8 Å². The van der Waals surface area contributed by atoms with Crippen LogP contribution < -0.4 is 0 Å². The Bertz CT molecular complexity index is 500. The van der Waals surface area contributed by atoms with Gasteiger partial charge in [-0.2, -0.15) is 0 Å². The van der Waals surface area contributed by atoms with Crippen LogP contribution in [-0.2, 0) is 6.61 Å². The summed E-state index contributed by atoms with van der Waals surface area (Å²) in [6, 6.07) is 7.27. The lowest BCUT2D eigenvalue weighted by Crippen LogP contribution is -1.89. The topological polar surface area (TPSA) is 46.0 Å². The molecule has 1 aromatic carbocycles. The number of benzene rings is 1. The summed E-state index contributed by atoms with van der Waals surface area (Å²) in [4.78, 5) is 7.86. The maximum Gasteiger partial charge on any atom is 0.151 e. The summed E-state index contributed by atoms with van der Waals surface area (Å²) < 4.78 is 0. The zero-order valence-electron chi connectivity index (χ0n) is 8.19. The van der Waals surface area contributed by atoms with E-state index in [9.17, 15) is 0 Å². The molecule has 0 saturated heterocycles. The Morgan fingerprint density at radius 3 is 2.38 bits per heavy atom. The largest absolute Gasteiger partial charge is 0.392 e. The Balaban J connectivity index is 2.46. The van der Waals surface area contributed by atoms with Crippen molar-refractivity contribution in [1.82, 2.24) is 9.97 Å². The first-order valence-electron chi connectivity index (χ1n) is 4.58. The van der Waals surface area contributed by atoms with E-state index in [2.05, 4.69) is 9.97 Å². The molecule has 0 aliphatic heterocycles. The number of aliphatic hydroxyl groups is 1. The fourth-order valence-electron chi connectivity index (χ4n) is 1.32. The first kappa shape index (κ1) is 11.3. The Labute approximate surface area is 103 Å². The van der Waals surface area contributed by atoms with Crippen molar-refractivity contribution in [1.29, 1.82) is 0 Å². The number of aliphatic hydroxyl groups excluding tert-OH is 1. The minimum Gasteiger partial charge on any atom is -0.392 e. The van der Waals surface area contributed by atoms with Crippen molar-refractivity contribution >= 4 is 23.2 Å². The van der Waals surface area contributed by atoms with Gasteiger partial charge in [-0.3, -0.25) is 0 Å². The second-order valence-electron chi connectivity index (χ2n) is 3.18. The van der Waals surface area contributed by atoms with Crippen LogP contribution in [0.5, 0.6) is 0 Å². The maximum absolute atomic E-state index is 8.92. The monoisotopic (exact) mass is 254 g/mol. The quantitative estimate of drug-likeness (QED) is 0.839. The molecule has 16 heavy (non-hydrogen) atoms. The lowest BCUT2D eigenvalue weighted by atomic mass is 10.1. The molecule has 1 aromatic heterocycles. The summed E-state index contributed by atoms with van der Waals surface area (Å²) in [6.45, 7) is 0.0124. The summed E-state index contributed by atoms with van der Waals surface area (Å²) in [7, 11) is 0. The minimum absolute atomic E-state index is 0.0124. The maximum atomic E-state index is 8.92. The van der Waals surface area contributed by atoms with Gasteiger partial charge in [0.15, 0.2) is 5.15 Å². The molecular formula is C11H8Cl2N2O. The Hall–Kier alpha value is -1.16. The molecule has 0 fully saturated rings. The molecule has 5 heteroatoms. The lowest BCUT2D eigenvalue weighted by molar-refractivity contribution is 0.282. The van der Waals surface area contributed by atoms with Gasteiger partial charge in [0.05, 0.1) is 12.3 Å². The average Bonchev–Trinajstić information content (AvgIpc) is 2.33. The van der Waals surface area contributed by atoms with Crippen LogP contribution >= 0.6 is 23.2 Å². The van der Waals surface area contributed by atoms with Gasteiger partial charge in [-0.15, -0.1) is 0 Å². The van der Waals surface area contributed by atoms with Crippen molar-refractivity contribution in [3.8, 4) is 11.3 Å². The Morgan fingerprint density at radius 2 is 1.75 bits per heavy atom. The van der Waals surface area contributed by atoms with Gasteiger partial charge in [-0.1, -0.05) is 47.5 Å². The van der Waals surface area contributed by atoms with Crippen molar-refractivity contribution in [2.24, 2.45) is 0 Å². The molecule has 1 heterocycles. The van der Waals surface area contributed by atoms with E-state index in [4.69, 9.17) is 28.3 Å². The van der Waals surface area contributed by atoms with Gasteiger partial charge in [0.2, 0.25) is 0 Å². The molecule has 0 bridgehead atoms. The SMILES string of the molecule is OCc1ccc(-c2ncnc(Cl)c2Cl)cc1. The number of hydrogen-bond donors (Lipinski definition) is 1. The van der Waals surface area contributed by atoms with E-state index >= 15 is 0 Å². The third-order valence-corrected chi connectivity index (χ3v) is 2.90. The smallest absolute Gasteiger partial charge is 0.151 e. The second kappa shape index (κ2) is 4.78. The minimum atomic E-state index is 0.0124. The molecule has 0 saturated carbocycles. The van der Waals surface area contributed by atoms with Crippen molar-refractivity contribution in [3.05, 3.63) is 46.3 Å². The molecule has 0 aliphatic rings. The molecule has 0 unspecified atom stereocenters. The third kappa shape index (κ3) is 2.16. The average molecular weight is 255 g/mol. The molecule has 3 nitrogen and oxygen atoms in total. The summed E-state index contributed by atoms with van der Waals surface area (Å²) in [6.07, 6.45) is 1.36. The first-order valence-corrected chi connectivity index (χ1v) is 5.34. The van der Waals surface area contributed by atoms with Gasteiger partial charge in [0.25, 0.3) is 0 Å². The fraction of sp³-hybridized carbons (Fsp3) is 0.0909. The highest BCUT2D eigenvalue weighted by atomic mass is 35.5. The van der Waals surface area contributed by atoms with E-state index in [1.165, 1.54) is 6.33 Å². The van der Waals surface area contributed by atoms with Crippen LogP contribution in [-0.4, -0.2) is 15.1 Å². The van der Waals surface area contributed by atoms with Gasteiger partial charge in [0.1, 0.15) is 11.3 Å². The molecule has 0 aliphatic carbocycles. The highest BCUT2D eigenvalue weighted by Crippen LogP contribution is 2.29. The molecule has 2 rings (SSSR count). The van der Waals surface area contributed by atoms with E-state index in [0.717, 1.165) is 11.1 Å². The molecule has 0 spiro atoms. The normalized spacial score (nSPS) is 10.4. The zero-order chi connectivity index (χ0) is 11.5. The van der Waals surface area contributed by atoms with Gasteiger partial charge in [-0.25, -0.2) is 9.97 Å². The summed E-state index contributed by atoms with van der Waals surface area (Å²) in [5, 5.41) is 9.49. The van der Waals surface area contributed by atoms with Gasteiger partial charge >= 0.3 is 0 Å². The van der Waals surface area contributed by atoms with Crippen molar-refractivity contribution in [3.63, 3.8) is 0 Å². The van der Waals surface area contributed by atoms with Gasteiger partial charge < -0.3 is 5.11 Å². The van der Waals surface area contributed by atoms with E-state index in [1.807, 2.05) is 24.3 Å². The van der Waals surface area contributed by atoms with E-state index in [1.54, 1.807) is 0 Å². The highest BCUT2D eigenvalue weighted by Gasteiger charge is 2.09. The molecule has 0 amide bonds. The van der Waals surface area contributed by atoms with Crippen LogP contribution in [0, 0.1) is 0 Å². The Morgan fingerprint density at radius 1 is 1.06 bits per heavy atom. The predicted octanol–water partition coefficient (Wildman–Crippen LogP) is 2.94. The summed E-state index contributed by atoms with van der Waals surface area (Å²) in [5.41, 5.74) is 2.26. The van der Waals surface area contributed by atoms with Crippen LogP contribution in [0.1, 0.15) is 5.56 Å². The fourth-order valence-corrected chi connectivity index (χ4v) is 1.66. The van der Waals surface area contributed by atoms with Crippen molar-refractivity contribution in [2.45, 2.75) is 6.61 Å². The molecule has 1 N–H and O–H groups in total. The molecular weight excluding hydrogens is 247 g/mol. The zero-order valence-corrected chi connectivity index (χ0v) is 9.70. The standard InChI is InChI=1S/C11H8Cl2N2O/c12-9-10(14-6-15-11(9)13)8-3-1-7(5-16)2-4-8/h1-4,6,16H,5H2. The van der Waals surface area contributed by atoms with E-state index in [0.29, 0.717) is 10.7 Å². The number of aromatic nitrogens is 2. The van der Waals surface area contributed by atoms with Crippen LogP contribution in [0.2, 0.25) is 10.2 Å². The number of halogens is 2.